The smallest absolute Gasteiger partial charge is 0.296 e. The van der Waals surface area contributed by atoms with Crippen LogP contribution in [0.5, 0.6) is 5.88 Å². The van der Waals surface area contributed by atoms with E-state index in [9.17, 15) is 0 Å². The second kappa shape index (κ2) is 5.92. The fraction of sp³-hybridized carbons (Fsp3) is 0.0625. The first-order valence-electron chi connectivity index (χ1n) is 7.07. The van der Waals surface area contributed by atoms with E-state index in [2.05, 4.69) is 25.3 Å². The molecule has 0 aliphatic carbocycles. The third kappa shape index (κ3) is 2.50. The minimum absolute atomic E-state index is 0.214. The zero-order valence-corrected chi connectivity index (χ0v) is 12.6. The lowest BCUT2D eigenvalue weighted by atomic mass is 10.2. The summed E-state index contributed by atoms with van der Waals surface area (Å²) in [6.07, 6.45) is 3.31. The minimum Gasteiger partial charge on any atom is -0.480 e. The molecule has 4 aromatic rings. The molecule has 0 unspecified atom stereocenters. The van der Waals surface area contributed by atoms with Crippen molar-refractivity contribution in [2.24, 2.45) is 0 Å². The van der Waals surface area contributed by atoms with Gasteiger partial charge in [0.05, 0.1) is 18.4 Å². The fourth-order valence-corrected chi connectivity index (χ4v) is 2.17. The van der Waals surface area contributed by atoms with E-state index >= 15 is 0 Å². The third-order valence-corrected chi connectivity index (χ3v) is 3.28. The molecule has 4 heterocycles. The van der Waals surface area contributed by atoms with Crippen molar-refractivity contribution >= 4 is 0 Å². The van der Waals surface area contributed by atoms with E-state index in [4.69, 9.17) is 13.8 Å². The first-order chi connectivity index (χ1) is 11.8. The van der Waals surface area contributed by atoms with E-state index in [0.29, 0.717) is 34.4 Å². The average Bonchev–Trinajstić information content (AvgIpc) is 3.32. The summed E-state index contributed by atoms with van der Waals surface area (Å²) >= 11 is 0. The summed E-state index contributed by atoms with van der Waals surface area (Å²) in [4.78, 5) is 12.6. The van der Waals surface area contributed by atoms with E-state index in [1.54, 1.807) is 30.6 Å². The second-order valence-corrected chi connectivity index (χ2v) is 4.77. The van der Waals surface area contributed by atoms with Gasteiger partial charge in [-0.1, -0.05) is 16.4 Å². The van der Waals surface area contributed by atoms with Crippen LogP contribution in [0.25, 0.3) is 34.4 Å². The molecule has 0 aliphatic rings. The molecule has 0 atom stereocenters. The van der Waals surface area contributed by atoms with E-state index in [-0.39, 0.29) is 5.89 Å². The van der Waals surface area contributed by atoms with Crippen LogP contribution < -0.4 is 4.74 Å². The Hall–Kier alpha value is -3.55. The van der Waals surface area contributed by atoms with Crippen LogP contribution in [0.1, 0.15) is 0 Å². The predicted molar refractivity (Wildman–Crippen MR) is 82.8 cm³/mol. The zero-order chi connectivity index (χ0) is 16.4. The Morgan fingerprint density at radius 1 is 0.917 bits per heavy atom. The van der Waals surface area contributed by atoms with Crippen LogP contribution in [-0.2, 0) is 0 Å². The van der Waals surface area contributed by atoms with E-state index in [0.717, 1.165) is 0 Å². The van der Waals surface area contributed by atoms with Gasteiger partial charge in [-0.25, -0.2) is 4.98 Å². The van der Waals surface area contributed by atoms with Crippen molar-refractivity contribution in [2.75, 3.05) is 7.11 Å². The molecule has 0 saturated heterocycles. The van der Waals surface area contributed by atoms with Crippen LogP contribution in [0.15, 0.2) is 57.8 Å². The van der Waals surface area contributed by atoms with Crippen molar-refractivity contribution in [1.29, 1.82) is 0 Å². The quantitative estimate of drug-likeness (QED) is 0.565. The molecule has 0 saturated carbocycles. The summed E-state index contributed by atoms with van der Waals surface area (Å²) in [5.74, 6) is 1.34. The standard InChI is InChI=1S/C16H11N5O3/c1-22-15-10(5-4-8-18-15)14-19-16(24-21-14)13-9-12(20-23-13)11-6-2-3-7-17-11/h2-9H,1H3. The fourth-order valence-electron chi connectivity index (χ4n) is 2.17. The summed E-state index contributed by atoms with van der Waals surface area (Å²) < 4.78 is 15.7. The molecule has 0 aliphatic heterocycles. The SMILES string of the molecule is COc1ncccc1-c1noc(-c2cc(-c3ccccn3)no2)n1. The Balaban J connectivity index is 1.67. The van der Waals surface area contributed by atoms with Gasteiger partial charge in [-0.05, 0) is 24.3 Å². The number of hydrogen-bond donors (Lipinski definition) is 0. The summed E-state index contributed by atoms with van der Waals surface area (Å²) in [5.41, 5.74) is 1.91. The molecule has 0 aromatic carbocycles. The van der Waals surface area contributed by atoms with Gasteiger partial charge in [0.25, 0.3) is 5.89 Å². The van der Waals surface area contributed by atoms with Crippen LogP contribution in [0, 0.1) is 0 Å². The highest BCUT2D eigenvalue weighted by Crippen LogP contribution is 2.28. The first-order valence-corrected chi connectivity index (χ1v) is 7.07. The molecule has 8 nitrogen and oxygen atoms in total. The average molecular weight is 321 g/mol. The molecule has 4 aromatic heterocycles. The van der Waals surface area contributed by atoms with Crippen molar-refractivity contribution in [3.8, 4) is 40.3 Å². The highest BCUT2D eigenvalue weighted by Gasteiger charge is 2.18. The van der Waals surface area contributed by atoms with Crippen molar-refractivity contribution in [2.45, 2.75) is 0 Å². The molecule has 118 valence electrons. The van der Waals surface area contributed by atoms with Gasteiger partial charge in [0.2, 0.25) is 17.5 Å². The Bertz CT molecular complexity index is 965. The van der Waals surface area contributed by atoms with E-state index in [1.165, 1.54) is 7.11 Å². The Morgan fingerprint density at radius 3 is 2.67 bits per heavy atom. The lowest BCUT2D eigenvalue weighted by molar-refractivity contribution is 0.385. The van der Waals surface area contributed by atoms with Crippen LogP contribution in [0.3, 0.4) is 0 Å². The first kappa shape index (κ1) is 14.1. The number of hydrogen-bond acceptors (Lipinski definition) is 8. The number of nitrogens with zero attached hydrogens (tertiary/aromatic N) is 5. The molecule has 24 heavy (non-hydrogen) atoms. The summed E-state index contributed by atoms with van der Waals surface area (Å²) in [5, 5.41) is 7.92. The summed E-state index contributed by atoms with van der Waals surface area (Å²) in [6, 6.07) is 10.8. The van der Waals surface area contributed by atoms with Crippen LogP contribution in [-0.4, -0.2) is 32.4 Å². The Kier molecular flexibility index (Phi) is 3.47. The summed E-state index contributed by atoms with van der Waals surface area (Å²) in [7, 11) is 1.53. The lowest BCUT2D eigenvalue weighted by Crippen LogP contribution is -1.91. The van der Waals surface area contributed by atoms with E-state index < -0.39 is 0 Å². The number of pyridine rings is 2. The van der Waals surface area contributed by atoms with Gasteiger partial charge in [0, 0.05) is 18.5 Å². The monoisotopic (exact) mass is 321 g/mol. The van der Waals surface area contributed by atoms with Crippen LogP contribution in [0.4, 0.5) is 0 Å². The lowest BCUT2D eigenvalue weighted by Gasteiger charge is -2.01. The molecule has 0 N–H and O–H groups in total. The van der Waals surface area contributed by atoms with Crippen LogP contribution in [0.2, 0.25) is 0 Å². The number of ether oxygens (including phenoxy) is 1. The molecular formula is C16H11N5O3. The van der Waals surface area contributed by atoms with Gasteiger partial charge >= 0.3 is 0 Å². The Labute approximate surface area is 136 Å². The maximum Gasteiger partial charge on any atom is 0.296 e. The maximum absolute atomic E-state index is 5.28. The van der Waals surface area contributed by atoms with E-state index in [1.807, 2.05) is 18.2 Å². The summed E-state index contributed by atoms with van der Waals surface area (Å²) in [6.45, 7) is 0. The van der Waals surface area contributed by atoms with Crippen LogP contribution >= 0.6 is 0 Å². The van der Waals surface area contributed by atoms with Gasteiger partial charge < -0.3 is 13.8 Å². The number of methoxy groups -OCH3 is 1. The largest absolute Gasteiger partial charge is 0.480 e. The predicted octanol–water partition coefficient (Wildman–Crippen LogP) is 2.86. The Morgan fingerprint density at radius 2 is 1.83 bits per heavy atom. The molecule has 0 amide bonds. The molecule has 0 bridgehead atoms. The minimum atomic E-state index is 0.214. The normalized spacial score (nSPS) is 10.7. The number of rotatable bonds is 4. The topological polar surface area (TPSA) is 100.0 Å². The van der Waals surface area contributed by atoms with Crippen molar-refractivity contribution in [3.63, 3.8) is 0 Å². The molecule has 4 rings (SSSR count). The van der Waals surface area contributed by atoms with Gasteiger partial charge in [-0.15, -0.1) is 0 Å². The second-order valence-electron chi connectivity index (χ2n) is 4.77. The molecule has 8 heteroatoms. The molecule has 0 spiro atoms. The van der Waals surface area contributed by atoms with Crippen molar-refractivity contribution < 1.29 is 13.8 Å². The number of aromatic nitrogens is 5. The van der Waals surface area contributed by atoms with Gasteiger partial charge in [-0.2, -0.15) is 4.98 Å². The highest BCUT2D eigenvalue weighted by atomic mass is 16.5. The maximum atomic E-state index is 5.28. The third-order valence-electron chi connectivity index (χ3n) is 3.28. The van der Waals surface area contributed by atoms with Gasteiger partial charge in [0.15, 0.2) is 0 Å². The highest BCUT2D eigenvalue weighted by molar-refractivity contribution is 5.64. The van der Waals surface area contributed by atoms with Gasteiger partial charge in [0.1, 0.15) is 5.69 Å². The van der Waals surface area contributed by atoms with Crippen molar-refractivity contribution in [1.82, 2.24) is 25.3 Å². The molecular weight excluding hydrogens is 310 g/mol. The van der Waals surface area contributed by atoms with Gasteiger partial charge in [-0.3, -0.25) is 4.98 Å². The van der Waals surface area contributed by atoms with Crippen molar-refractivity contribution in [3.05, 3.63) is 48.8 Å². The molecule has 0 radical (unpaired) electrons. The zero-order valence-electron chi connectivity index (χ0n) is 12.6. The molecule has 0 fully saturated rings.